The van der Waals surface area contributed by atoms with E-state index >= 15 is 0 Å². The standard InChI is InChI=1S/C19H24N4O2/c1-13-18(14(2)21-15(3)20-13)19(24)23-11-9-22(10-12-23)16-5-7-17(25-4)8-6-16/h5-8H,9-12H2,1-4H3. The summed E-state index contributed by atoms with van der Waals surface area (Å²) in [6.45, 7) is 8.61. The second-order valence-electron chi connectivity index (χ2n) is 6.29. The van der Waals surface area contributed by atoms with E-state index in [0.717, 1.165) is 35.9 Å². The van der Waals surface area contributed by atoms with Gasteiger partial charge < -0.3 is 14.5 Å². The van der Waals surface area contributed by atoms with Crippen LogP contribution in [0.25, 0.3) is 0 Å². The molecule has 0 aliphatic carbocycles. The number of nitrogens with zero attached hydrogens (tertiary/aromatic N) is 4. The second-order valence-corrected chi connectivity index (χ2v) is 6.29. The van der Waals surface area contributed by atoms with Crippen molar-refractivity contribution in [1.29, 1.82) is 0 Å². The Kier molecular flexibility index (Phi) is 4.88. The molecule has 25 heavy (non-hydrogen) atoms. The smallest absolute Gasteiger partial charge is 0.257 e. The zero-order chi connectivity index (χ0) is 18.0. The third kappa shape index (κ3) is 3.57. The van der Waals surface area contributed by atoms with E-state index in [9.17, 15) is 4.79 Å². The molecular formula is C19H24N4O2. The van der Waals surface area contributed by atoms with Crippen molar-refractivity contribution in [3.05, 3.63) is 47.0 Å². The Morgan fingerprint density at radius 1 is 0.960 bits per heavy atom. The van der Waals surface area contributed by atoms with E-state index in [2.05, 4.69) is 27.0 Å². The first-order valence-electron chi connectivity index (χ1n) is 8.49. The number of amides is 1. The summed E-state index contributed by atoms with van der Waals surface area (Å²) in [4.78, 5) is 25.8. The number of rotatable bonds is 3. The van der Waals surface area contributed by atoms with Crippen LogP contribution in [0.4, 0.5) is 5.69 Å². The molecule has 1 fully saturated rings. The highest BCUT2D eigenvalue weighted by Crippen LogP contribution is 2.21. The van der Waals surface area contributed by atoms with Crippen LogP contribution in [0.3, 0.4) is 0 Å². The topological polar surface area (TPSA) is 58.6 Å². The number of benzene rings is 1. The number of hydrogen-bond donors (Lipinski definition) is 0. The van der Waals surface area contributed by atoms with Crippen molar-refractivity contribution >= 4 is 11.6 Å². The highest BCUT2D eigenvalue weighted by atomic mass is 16.5. The largest absolute Gasteiger partial charge is 0.497 e. The maximum atomic E-state index is 12.9. The van der Waals surface area contributed by atoms with Gasteiger partial charge in [0.15, 0.2) is 0 Å². The molecule has 1 aliphatic rings. The van der Waals surface area contributed by atoms with E-state index in [1.54, 1.807) is 7.11 Å². The molecule has 0 bridgehead atoms. The van der Waals surface area contributed by atoms with Crippen LogP contribution < -0.4 is 9.64 Å². The molecule has 3 rings (SSSR count). The molecule has 2 aromatic rings. The van der Waals surface area contributed by atoms with Crippen molar-refractivity contribution in [3.63, 3.8) is 0 Å². The lowest BCUT2D eigenvalue weighted by Gasteiger charge is -2.36. The summed E-state index contributed by atoms with van der Waals surface area (Å²) in [7, 11) is 1.66. The highest BCUT2D eigenvalue weighted by molar-refractivity contribution is 5.96. The molecule has 1 saturated heterocycles. The summed E-state index contributed by atoms with van der Waals surface area (Å²) in [5, 5.41) is 0. The third-order valence-electron chi connectivity index (χ3n) is 4.60. The lowest BCUT2D eigenvalue weighted by atomic mass is 10.1. The van der Waals surface area contributed by atoms with Crippen molar-refractivity contribution < 1.29 is 9.53 Å². The van der Waals surface area contributed by atoms with Crippen LogP contribution in [0, 0.1) is 20.8 Å². The van der Waals surface area contributed by atoms with Gasteiger partial charge in [-0.25, -0.2) is 9.97 Å². The molecule has 1 aliphatic heterocycles. The molecule has 1 aromatic carbocycles. The van der Waals surface area contributed by atoms with E-state index in [-0.39, 0.29) is 5.91 Å². The molecule has 1 aromatic heterocycles. The molecule has 0 N–H and O–H groups in total. The van der Waals surface area contributed by atoms with Gasteiger partial charge in [-0.3, -0.25) is 4.79 Å². The predicted molar refractivity (Wildman–Crippen MR) is 97.4 cm³/mol. The molecule has 0 radical (unpaired) electrons. The third-order valence-corrected chi connectivity index (χ3v) is 4.60. The van der Waals surface area contributed by atoms with Crippen molar-refractivity contribution in [2.75, 3.05) is 38.2 Å². The van der Waals surface area contributed by atoms with Crippen LogP contribution in [-0.4, -0.2) is 54.1 Å². The van der Waals surface area contributed by atoms with Crippen molar-refractivity contribution in [2.24, 2.45) is 0 Å². The van der Waals surface area contributed by atoms with Crippen LogP contribution in [-0.2, 0) is 0 Å². The second kappa shape index (κ2) is 7.09. The van der Waals surface area contributed by atoms with Gasteiger partial charge in [-0.05, 0) is 45.0 Å². The molecule has 0 saturated carbocycles. The summed E-state index contributed by atoms with van der Waals surface area (Å²) in [5.74, 6) is 1.59. The number of carbonyl (C=O) groups is 1. The first-order chi connectivity index (χ1) is 12.0. The zero-order valence-corrected chi connectivity index (χ0v) is 15.2. The fourth-order valence-electron chi connectivity index (χ4n) is 3.31. The lowest BCUT2D eigenvalue weighted by molar-refractivity contribution is 0.0744. The van der Waals surface area contributed by atoms with E-state index in [0.29, 0.717) is 24.5 Å². The van der Waals surface area contributed by atoms with E-state index < -0.39 is 0 Å². The number of hydrogen-bond acceptors (Lipinski definition) is 5. The minimum absolute atomic E-state index is 0.0318. The molecule has 6 heteroatoms. The van der Waals surface area contributed by atoms with Crippen molar-refractivity contribution in [3.8, 4) is 5.75 Å². The van der Waals surface area contributed by atoms with Gasteiger partial charge in [-0.15, -0.1) is 0 Å². The van der Waals surface area contributed by atoms with E-state index in [4.69, 9.17) is 4.74 Å². The monoisotopic (exact) mass is 340 g/mol. The summed E-state index contributed by atoms with van der Waals surface area (Å²) >= 11 is 0. The minimum atomic E-state index is 0.0318. The minimum Gasteiger partial charge on any atom is -0.497 e. The number of aromatic nitrogens is 2. The van der Waals surface area contributed by atoms with Gasteiger partial charge in [0.1, 0.15) is 11.6 Å². The molecular weight excluding hydrogens is 316 g/mol. The van der Waals surface area contributed by atoms with Crippen molar-refractivity contribution in [2.45, 2.75) is 20.8 Å². The highest BCUT2D eigenvalue weighted by Gasteiger charge is 2.25. The Morgan fingerprint density at radius 2 is 1.52 bits per heavy atom. The first-order valence-corrected chi connectivity index (χ1v) is 8.49. The molecule has 0 unspecified atom stereocenters. The normalized spacial score (nSPS) is 14.6. The Balaban J connectivity index is 1.68. The summed E-state index contributed by atoms with van der Waals surface area (Å²) in [5.41, 5.74) is 3.31. The van der Waals surface area contributed by atoms with Crippen LogP contribution in [0.1, 0.15) is 27.6 Å². The zero-order valence-electron chi connectivity index (χ0n) is 15.2. The van der Waals surface area contributed by atoms with Gasteiger partial charge in [0, 0.05) is 31.9 Å². The van der Waals surface area contributed by atoms with Gasteiger partial charge in [0.2, 0.25) is 0 Å². The van der Waals surface area contributed by atoms with Crippen LogP contribution in [0.2, 0.25) is 0 Å². The SMILES string of the molecule is COc1ccc(N2CCN(C(=O)c3c(C)nc(C)nc3C)CC2)cc1. The molecule has 2 heterocycles. The first kappa shape index (κ1) is 17.2. The molecule has 1 amide bonds. The summed E-state index contributed by atoms with van der Waals surface area (Å²) < 4.78 is 5.20. The Morgan fingerprint density at radius 3 is 2.04 bits per heavy atom. The maximum Gasteiger partial charge on any atom is 0.257 e. The number of piperazine rings is 1. The van der Waals surface area contributed by atoms with Gasteiger partial charge in [0.05, 0.1) is 24.1 Å². The number of methoxy groups -OCH3 is 1. The van der Waals surface area contributed by atoms with Gasteiger partial charge >= 0.3 is 0 Å². The summed E-state index contributed by atoms with van der Waals surface area (Å²) in [6.07, 6.45) is 0. The quantitative estimate of drug-likeness (QED) is 0.858. The number of carbonyl (C=O) groups excluding carboxylic acids is 1. The van der Waals surface area contributed by atoms with Gasteiger partial charge in [0.25, 0.3) is 5.91 Å². The fourth-order valence-corrected chi connectivity index (χ4v) is 3.31. The van der Waals surface area contributed by atoms with Crippen molar-refractivity contribution in [1.82, 2.24) is 14.9 Å². The molecule has 6 nitrogen and oxygen atoms in total. The molecule has 132 valence electrons. The number of aryl methyl sites for hydroxylation is 3. The van der Waals surface area contributed by atoms with Gasteiger partial charge in [-0.1, -0.05) is 0 Å². The van der Waals surface area contributed by atoms with Crippen LogP contribution in [0.5, 0.6) is 5.75 Å². The summed E-state index contributed by atoms with van der Waals surface area (Å²) in [6, 6.07) is 8.03. The lowest BCUT2D eigenvalue weighted by Crippen LogP contribution is -2.49. The fraction of sp³-hybridized carbons (Fsp3) is 0.421. The van der Waals surface area contributed by atoms with E-state index in [1.807, 2.05) is 37.8 Å². The number of anilines is 1. The van der Waals surface area contributed by atoms with Crippen LogP contribution in [0.15, 0.2) is 24.3 Å². The van der Waals surface area contributed by atoms with Gasteiger partial charge in [-0.2, -0.15) is 0 Å². The number of ether oxygens (including phenoxy) is 1. The Bertz CT molecular complexity index is 742. The average Bonchev–Trinajstić information content (AvgIpc) is 2.61. The Labute approximate surface area is 148 Å². The van der Waals surface area contributed by atoms with E-state index in [1.165, 1.54) is 0 Å². The predicted octanol–water partition coefficient (Wildman–Crippen LogP) is 2.37. The maximum absolute atomic E-state index is 12.9. The average molecular weight is 340 g/mol. The van der Waals surface area contributed by atoms with Crippen LogP contribution >= 0.6 is 0 Å². The molecule has 0 atom stereocenters. The molecule has 0 spiro atoms. The Hall–Kier alpha value is -2.63.